The van der Waals surface area contributed by atoms with Crippen molar-refractivity contribution in [3.8, 4) is 0 Å². The van der Waals surface area contributed by atoms with Gasteiger partial charge >= 0.3 is 5.97 Å². The Kier molecular flexibility index (Phi) is 5.30. The number of nitro benzene ring substituents is 1. The Hall–Kier alpha value is -1.95. The molecule has 3 atom stereocenters. The van der Waals surface area contributed by atoms with Crippen LogP contribution in [0.15, 0.2) is 24.3 Å². The first-order valence-electron chi connectivity index (χ1n) is 9.77. The highest BCUT2D eigenvalue weighted by molar-refractivity contribution is 5.89. The number of esters is 1. The van der Waals surface area contributed by atoms with Crippen molar-refractivity contribution in [2.24, 2.45) is 16.7 Å². The summed E-state index contributed by atoms with van der Waals surface area (Å²) in [6.07, 6.45) is 4.76. The molecule has 27 heavy (non-hydrogen) atoms. The van der Waals surface area contributed by atoms with Gasteiger partial charge < -0.3 is 9.64 Å². The lowest BCUT2D eigenvalue weighted by Gasteiger charge is -2.47. The van der Waals surface area contributed by atoms with Crippen LogP contribution in [0, 0.1) is 26.9 Å². The summed E-state index contributed by atoms with van der Waals surface area (Å²) < 4.78 is 5.35. The average Bonchev–Trinajstić information content (AvgIpc) is 3.09. The number of fused-ring (bicyclic) bond motifs is 2. The molecular formula is C21H30N2O4. The summed E-state index contributed by atoms with van der Waals surface area (Å²) in [6, 6.07) is 6.08. The van der Waals surface area contributed by atoms with Gasteiger partial charge in [0.15, 0.2) is 0 Å². The van der Waals surface area contributed by atoms with E-state index < -0.39 is 10.9 Å². The number of carbonyl (C=O) groups is 1. The summed E-state index contributed by atoms with van der Waals surface area (Å²) in [5.41, 5.74) is 1.04. The molecule has 2 aliphatic carbocycles. The van der Waals surface area contributed by atoms with Crippen LogP contribution in [0.4, 0.5) is 5.69 Å². The van der Waals surface area contributed by atoms with Crippen molar-refractivity contribution in [3.05, 3.63) is 39.9 Å². The molecule has 2 fully saturated rings. The normalized spacial score (nSPS) is 28.5. The zero-order valence-corrected chi connectivity index (χ0v) is 16.7. The van der Waals surface area contributed by atoms with Crippen molar-refractivity contribution in [3.63, 3.8) is 0 Å². The van der Waals surface area contributed by atoms with Crippen LogP contribution < -0.4 is 0 Å². The average molecular weight is 374 g/mol. The number of benzene rings is 1. The third-order valence-electron chi connectivity index (χ3n) is 6.84. The Morgan fingerprint density at radius 3 is 2.52 bits per heavy atom. The highest BCUT2D eigenvalue weighted by Gasteiger charge is 2.60. The van der Waals surface area contributed by atoms with E-state index in [9.17, 15) is 14.9 Å². The molecule has 6 nitrogen and oxygen atoms in total. The number of nitro groups is 1. The molecule has 3 rings (SSSR count). The second-order valence-corrected chi connectivity index (χ2v) is 9.09. The minimum atomic E-state index is -0.484. The molecule has 2 saturated carbocycles. The number of hydrogen-bond acceptors (Lipinski definition) is 5. The van der Waals surface area contributed by atoms with Crippen molar-refractivity contribution in [1.29, 1.82) is 0 Å². The van der Waals surface area contributed by atoms with E-state index in [1.54, 1.807) is 0 Å². The van der Waals surface area contributed by atoms with Gasteiger partial charge in [0.05, 0.1) is 17.1 Å². The maximum Gasteiger partial charge on any atom is 0.338 e. The number of ether oxygens (including phenoxy) is 1. The third kappa shape index (κ3) is 3.72. The number of hydrogen-bond donors (Lipinski definition) is 0. The topological polar surface area (TPSA) is 72.7 Å². The van der Waals surface area contributed by atoms with Crippen LogP contribution in [0.25, 0.3) is 0 Å². The summed E-state index contributed by atoms with van der Waals surface area (Å²) in [6.45, 7) is 8.48. The highest BCUT2D eigenvalue weighted by Crippen LogP contribution is 2.63. The Morgan fingerprint density at radius 1 is 1.30 bits per heavy atom. The summed E-state index contributed by atoms with van der Waals surface area (Å²) in [4.78, 5) is 24.7. The van der Waals surface area contributed by atoms with Crippen molar-refractivity contribution >= 4 is 11.7 Å². The van der Waals surface area contributed by atoms with Crippen LogP contribution in [0.5, 0.6) is 0 Å². The van der Waals surface area contributed by atoms with E-state index in [2.05, 4.69) is 32.7 Å². The largest absolute Gasteiger partial charge is 0.462 e. The van der Waals surface area contributed by atoms with E-state index >= 15 is 0 Å². The summed E-state index contributed by atoms with van der Waals surface area (Å²) in [7, 11) is 2.19. The first-order valence-corrected chi connectivity index (χ1v) is 9.77. The van der Waals surface area contributed by atoms with E-state index in [0.29, 0.717) is 29.0 Å². The predicted octanol–water partition coefficient (Wildman–Crippen LogP) is 4.29. The molecule has 2 bridgehead atoms. The Labute approximate surface area is 161 Å². The van der Waals surface area contributed by atoms with Crippen LogP contribution in [-0.4, -0.2) is 42.0 Å². The summed E-state index contributed by atoms with van der Waals surface area (Å²) >= 11 is 0. The molecule has 0 saturated heterocycles. The predicted molar refractivity (Wildman–Crippen MR) is 104 cm³/mol. The van der Waals surface area contributed by atoms with Crippen LogP contribution >= 0.6 is 0 Å². The molecule has 0 spiro atoms. The third-order valence-corrected chi connectivity index (χ3v) is 6.84. The molecule has 0 N–H and O–H groups in total. The van der Waals surface area contributed by atoms with Gasteiger partial charge in [-0.05, 0) is 61.6 Å². The number of rotatable bonds is 7. The van der Waals surface area contributed by atoms with Gasteiger partial charge in [0, 0.05) is 24.7 Å². The molecule has 0 aliphatic heterocycles. The van der Waals surface area contributed by atoms with Gasteiger partial charge in [0.1, 0.15) is 0 Å². The molecule has 3 unspecified atom stereocenters. The molecule has 2 aliphatic rings. The van der Waals surface area contributed by atoms with Crippen molar-refractivity contribution in [2.45, 2.75) is 52.5 Å². The monoisotopic (exact) mass is 374 g/mol. The number of carbonyl (C=O) groups excluding carboxylic acids is 1. The molecule has 0 heterocycles. The lowest BCUT2D eigenvalue weighted by molar-refractivity contribution is -0.384. The quantitative estimate of drug-likeness (QED) is 0.308. The fraction of sp³-hybridized carbons (Fsp3) is 0.667. The SMILES string of the molecule is CN(CCCOC(=O)c1ccc([N+](=O)[O-])cc1)C1C2(C)CCC(C2)C1(C)C. The Morgan fingerprint density at radius 2 is 1.96 bits per heavy atom. The van der Waals surface area contributed by atoms with E-state index in [0.717, 1.165) is 18.9 Å². The smallest absolute Gasteiger partial charge is 0.338 e. The zero-order valence-electron chi connectivity index (χ0n) is 16.7. The molecule has 0 amide bonds. The van der Waals surface area contributed by atoms with Gasteiger partial charge in [-0.25, -0.2) is 4.79 Å². The molecule has 0 radical (unpaired) electrons. The number of non-ortho nitro benzene ring substituents is 1. The van der Waals surface area contributed by atoms with Crippen LogP contribution in [-0.2, 0) is 4.74 Å². The van der Waals surface area contributed by atoms with E-state index in [-0.39, 0.29) is 5.69 Å². The molecule has 1 aromatic carbocycles. The van der Waals surface area contributed by atoms with Crippen molar-refractivity contribution < 1.29 is 14.5 Å². The second kappa shape index (κ2) is 7.23. The van der Waals surface area contributed by atoms with Crippen LogP contribution in [0.3, 0.4) is 0 Å². The molecule has 148 valence electrons. The standard InChI is InChI=1S/C21H30N2O4/c1-20(2)16-10-11-21(3,14-16)19(20)22(4)12-5-13-27-18(24)15-6-8-17(9-7-15)23(25)26/h6-9,16,19H,5,10-14H2,1-4H3. The molecule has 1 aromatic rings. The lowest BCUT2D eigenvalue weighted by Crippen LogP contribution is -2.51. The van der Waals surface area contributed by atoms with Crippen molar-refractivity contribution in [2.75, 3.05) is 20.2 Å². The van der Waals surface area contributed by atoms with Crippen LogP contribution in [0.1, 0.15) is 56.8 Å². The van der Waals surface area contributed by atoms with E-state index in [1.165, 1.54) is 43.5 Å². The van der Waals surface area contributed by atoms with E-state index in [1.807, 2.05) is 0 Å². The zero-order chi connectivity index (χ0) is 19.8. The lowest BCUT2D eigenvalue weighted by atomic mass is 9.68. The van der Waals surface area contributed by atoms with Gasteiger partial charge in [0.2, 0.25) is 0 Å². The minimum Gasteiger partial charge on any atom is -0.462 e. The van der Waals surface area contributed by atoms with Gasteiger partial charge in [0.25, 0.3) is 5.69 Å². The first-order chi connectivity index (χ1) is 12.6. The second-order valence-electron chi connectivity index (χ2n) is 9.09. The molecule has 0 aromatic heterocycles. The molecular weight excluding hydrogens is 344 g/mol. The fourth-order valence-electron chi connectivity index (χ4n) is 5.79. The summed E-state index contributed by atoms with van der Waals surface area (Å²) in [5, 5.41) is 10.7. The van der Waals surface area contributed by atoms with Crippen molar-refractivity contribution in [1.82, 2.24) is 4.90 Å². The Bertz CT molecular complexity index is 711. The minimum absolute atomic E-state index is 0.0323. The van der Waals surface area contributed by atoms with Gasteiger partial charge in [-0.2, -0.15) is 0 Å². The highest BCUT2D eigenvalue weighted by atomic mass is 16.6. The number of nitrogens with zero attached hydrogens (tertiary/aromatic N) is 2. The van der Waals surface area contributed by atoms with Crippen LogP contribution in [0.2, 0.25) is 0 Å². The van der Waals surface area contributed by atoms with Gasteiger partial charge in [-0.3, -0.25) is 10.1 Å². The maximum atomic E-state index is 12.1. The molecule has 6 heteroatoms. The fourth-order valence-corrected chi connectivity index (χ4v) is 5.79. The van der Waals surface area contributed by atoms with Gasteiger partial charge in [-0.15, -0.1) is 0 Å². The van der Waals surface area contributed by atoms with Gasteiger partial charge in [-0.1, -0.05) is 20.8 Å². The maximum absolute atomic E-state index is 12.1. The van der Waals surface area contributed by atoms with E-state index in [4.69, 9.17) is 4.74 Å². The summed E-state index contributed by atoms with van der Waals surface area (Å²) in [5.74, 6) is 0.384. The first kappa shape index (κ1) is 19.8. The Balaban J connectivity index is 1.47.